The maximum atomic E-state index is 9.05. The van der Waals surface area contributed by atoms with Gasteiger partial charge in [-0.25, -0.2) is 0 Å². The molecular weight excluding hydrogens is 367 g/mol. The van der Waals surface area contributed by atoms with Gasteiger partial charge < -0.3 is 0 Å². The second kappa shape index (κ2) is 6.88. The van der Waals surface area contributed by atoms with Crippen molar-refractivity contribution in [3.8, 4) is 10.7 Å². The molecule has 0 aliphatic rings. The molecule has 0 bridgehead atoms. The first-order valence-electron chi connectivity index (χ1n) is 7.35. The summed E-state index contributed by atoms with van der Waals surface area (Å²) in [4.78, 5) is 13.4. The van der Waals surface area contributed by atoms with E-state index in [-0.39, 0.29) is 15.0 Å². The Bertz CT molecular complexity index is 936. The molecule has 6 heteroatoms. The predicted octanol–water partition coefficient (Wildman–Crippen LogP) is 2.53. The van der Waals surface area contributed by atoms with E-state index in [0.29, 0.717) is 0 Å². The summed E-state index contributed by atoms with van der Waals surface area (Å²) in [6.07, 6.45) is 0. The van der Waals surface area contributed by atoms with E-state index in [1.165, 1.54) is 0 Å². The molecule has 0 atom stereocenters. The van der Waals surface area contributed by atoms with Crippen LogP contribution < -0.4 is 14.1 Å². The van der Waals surface area contributed by atoms with Crippen LogP contribution in [0.3, 0.4) is 0 Å². The fraction of sp³-hybridized carbons (Fsp3) is 0.167. The summed E-state index contributed by atoms with van der Waals surface area (Å²) in [5.41, 5.74) is 1.88. The fourth-order valence-electron chi connectivity index (χ4n) is 2.55. The molecule has 0 aliphatic carbocycles. The van der Waals surface area contributed by atoms with Gasteiger partial charge in [0.15, 0.2) is 0 Å². The van der Waals surface area contributed by atoms with Crippen LogP contribution in [0.2, 0.25) is 0 Å². The first-order chi connectivity index (χ1) is 11.6. The van der Waals surface area contributed by atoms with Gasteiger partial charge in [-0.2, -0.15) is 0 Å². The van der Waals surface area contributed by atoms with Crippen LogP contribution in [0, 0.1) is 17.2 Å². The maximum absolute atomic E-state index is 9.05. The van der Waals surface area contributed by atoms with Gasteiger partial charge in [-0.3, -0.25) is 0 Å². The molecular formula is C18H16N4OSe. The summed E-state index contributed by atoms with van der Waals surface area (Å²) in [6, 6.07) is 13.8. The zero-order valence-electron chi connectivity index (χ0n) is 13.6. The number of anilines is 2. The number of para-hydroxylation sites is 1. The summed E-state index contributed by atoms with van der Waals surface area (Å²) >= 11 is -0.286. The van der Waals surface area contributed by atoms with Crippen molar-refractivity contribution in [1.82, 2.24) is 9.97 Å². The SMILES string of the molecule is COc1ccc(N(C)c2nc(C)nc3ccccc23)cc1[Se]C#N. The molecule has 0 fully saturated rings. The topological polar surface area (TPSA) is 62.0 Å². The minimum atomic E-state index is -0.286. The quantitative estimate of drug-likeness (QED) is 0.648. The first kappa shape index (κ1) is 16.3. The Morgan fingerprint density at radius 1 is 1.17 bits per heavy atom. The van der Waals surface area contributed by atoms with Crippen LogP contribution in [-0.4, -0.2) is 39.1 Å². The van der Waals surface area contributed by atoms with Crippen molar-refractivity contribution in [3.05, 3.63) is 48.3 Å². The van der Waals surface area contributed by atoms with Crippen LogP contribution in [0.25, 0.3) is 10.9 Å². The number of rotatable bonds is 4. The zero-order chi connectivity index (χ0) is 17.1. The van der Waals surface area contributed by atoms with E-state index in [1.54, 1.807) is 7.11 Å². The van der Waals surface area contributed by atoms with Gasteiger partial charge in [0.05, 0.1) is 0 Å². The standard InChI is InChI=1S/C18H16N4OSe/c1-12-20-15-7-5-4-6-14(15)18(21-12)22(2)13-8-9-16(23-3)17(10-13)24-11-19/h4-10H,1-3H3. The van der Waals surface area contributed by atoms with Crippen LogP contribution in [-0.2, 0) is 0 Å². The van der Waals surface area contributed by atoms with Crippen molar-refractivity contribution in [1.29, 1.82) is 5.26 Å². The van der Waals surface area contributed by atoms with Gasteiger partial charge in [0.1, 0.15) is 0 Å². The molecule has 0 saturated carbocycles. The molecule has 0 amide bonds. The number of aromatic nitrogens is 2. The number of ether oxygens (including phenoxy) is 1. The number of benzene rings is 2. The third kappa shape index (κ3) is 3.05. The Kier molecular flexibility index (Phi) is 4.66. The third-order valence-electron chi connectivity index (χ3n) is 3.70. The van der Waals surface area contributed by atoms with Crippen molar-refractivity contribution in [2.75, 3.05) is 19.1 Å². The Morgan fingerprint density at radius 3 is 2.71 bits per heavy atom. The van der Waals surface area contributed by atoms with Gasteiger partial charge in [0.2, 0.25) is 0 Å². The van der Waals surface area contributed by atoms with Crippen molar-refractivity contribution >= 4 is 41.8 Å². The van der Waals surface area contributed by atoms with Gasteiger partial charge in [0, 0.05) is 0 Å². The summed E-state index contributed by atoms with van der Waals surface area (Å²) in [6.45, 7) is 1.89. The summed E-state index contributed by atoms with van der Waals surface area (Å²) in [5.74, 6) is 2.32. The number of aryl methyl sites for hydroxylation is 1. The average molecular weight is 383 g/mol. The van der Waals surface area contributed by atoms with E-state index in [4.69, 9.17) is 10.00 Å². The van der Waals surface area contributed by atoms with Crippen LogP contribution >= 0.6 is 0 Å². The summed E-state index contributed by atoms with van der Waals surface area (Å²) in [7, 11) is 3.59. The van der Waals surface area contributed by atoms with Gasteiger partial charge in [0.25, 0.3) is 0 Å². The number of fused-ring (bicyclic) bond motifs is 1. The molecule has 0 N–H and O–H groups in total. The Hall–Kier alpha value is -2.61. The fourth-order valence-corrected chi connectivity index (χ4v) is 3.67. The van der Waals surface area contributed by atoms with Gasteiger partial charge >= 0.3 is 147 Å². The van der Waals surface area contributed by atoms with Crippen molar-refractivity contribution < 1.29 is 4.74 Å². The Balaban J connectivity index is 2.11. The predicted molar refractivity (Wildman–Crippen MR) is 96.3 cm³/mol. The first-order valence-corrected chi connectivity index (χ1v) is 9.06. The zero-order valence-corrected chi connectivity index (χ0v) is 15.4. The monoisotopic (exact) mass is 384 g/mol. The number of hydrogen-bond acceptors (Lipinski definition) is 5. The second-order valence-electron chi connectivity index (χ2n) is 5.20. The molecule has 0 unspecified atom stereocenters. The molecule has 24 heavy (non-hydrogen) atoms. The molecule has 0 spiro atoms. The van der Waals surface area contributed by atoms with E-state index in [2.05, 4.69) is 14.9 Å². The van der Waals surface area contributed by atoms with Crippen molar-refractivity contribution in [2.24, 2.45) is 0 Å². The molecule has 2 aromatic carbocycles. The number of nitrogens with zero attached hydrogens (tertiary/aromatic N) is 4. The summed E-state index contributed by atoms with van der Waals surface area (Å²) in [5, 5.41) is 10.0. The molecule has 1 aromatic heterocycles. The minimum absolute atomic E-state index is 0.286. The number of methoxy groups -OCH3 is 1. The van der Waals surface area contributed by atoms with E-state index >= 15 is 0 Å². The van der Waals surface area contributed by atoms with E-state index in [9.17, 15) is 0 Å². The molecule has 0 aliphatic heterocycles. The molecule has 1 heterocycles. The Labute approximate surface area is 147 Å². The van der Waals surface area contributed by atoms with Crippen molar-refractivity contribution in [3.63, 3.8) is 0 Å². The molecule has 0 radical (unpaired) electrons. The molecule has 0 saturated heterocycles. The van der Waals surface area contributed by atoms with Gasteiger partial charge in [-0.05, 0) is 0 Å². The third-order valence-corrected chi connectivity index (χ3v) is 5.03. The molecule has 5 nitrogen and oxygen atoms in total. The van der Waals surface area contributed by atoms with Gasteiger partial charge in [-0.1, -0.05) is 0 Å². The van der Waals surface area contributed by atoms with E-state index in [1.807, 2.05) is 61.3 Å². The normalized spacial score (nSPS) is 10.4. The van der Waals surface area contributed by atoms with E-state index < -0.39 is 0 Å². The van der Waals surface area contributed by atoms with Gasteiger partial charge in [-0.15, -0.1) is 0 Å². The van der Waals surface area contributed by atoms with Crippen LogP contribution in [0.1, 0.15) is 5.82 Å². The number of hydrogen-bond donors (Lipinski definition) is 0. The molecule has 3 rings (SSSR count). The summed E-state index contributed by atoms with van der Waals surface area (Å²) < 4.78 is 6.27. The molecule has 120 valence electrons. The number of nitriles is 1. The Morgan fingerprint density at radius 2 is 1.96 bits per heavy atom. The van der Waals surface area contributed by atoms with Crippen LogP contribution in [0.4, 0.5) is 11.5 Å². The average Bonchev–Trinajstić information content (AvgIpc) is 2.60. The molecule has 3 aromatic rings. The van der Waals surface area contributed by atoms with Crippen molar-refractivity contribution in [2.45, 2.75) is 6.92 Å². The van der Waals surface area contributed by atoms with E-state index in [0.717, 1.165) is 38.4 Å². The second-order valence-corrected chi connectivity index (χ2v) is 6.93. The van der Waals surface area contributed by atoms with Crippen LogP contribution in [0.5, 0.6) is 5.75 Å². The van der Waals surface area contributed by atoms with Crippen LogP contribution in [0.15, 0.2) is 42.5 Å².